The molecule has 3 nitrogen and oxygen atoms in total. The zero-order chi connectivity index (χ0) is 22.6. The second-order valence-corrected chi connectivity index (χ2v) is 9.73. The Balaban J connectivity index is 1.84. The summed E-state index contributed by atoms with van der Waals surface area (Å²) in [4.78, 5) is 0. The quantitative estimate of drug-likeness (QED) is 0.108. The predicted molar refractivity (Wildman–Crippen MR) is 136 cm³/mol. The average Bonchev–Trinajstić information content (AvgIpc) is 3.19. The van der Waals surface area contributed by atoms with Crippen LogP contribution in [0.3, 0.4) is 0 Å². The van der Waals surface area contributed by atoms with Crippen molar-refractivity contribution in [3.63, 3.8) is 0 Å². The van der Waals surface area contributed by atoms with Gasteiger partial charge in [0.15, 0.2) is 12.4 Å². The minimum atomic E-state index is -0.336. The van der Waals surface area contributed by atoms with Gasteiger partial charge in [0.1, 0.15) is 6.20 Å². The van der Waals surface area contributed by atoms with Crippen molar-refractivity contribution in [3.05, 3.63) is 24.6 Å². The van der Waals surface area contributed by atoms with E-state index in [0.717, 1.165) is 13.0 Å². The van der Waals surface area contributed by atoms with Crippen molar-refractivity contribution < 1.29 is 9.59 Å². The lowest BCUT2D eigenvalue weighted by molar-refractivity contribution is -0.942. The van der Waals surface area contributed by atoms with Crippen LogP contribution in [-0.2, 0) is 0 Å². The molecule has 0 amide bonds. The number of quaternary nitrogens is 1. The Morgan fingerprint density at radius 1 is 0.774 bits per heavy atom. The average molecular weight is 436 g/mol. The van der Waals surface area contributed by atoms with E-state index in [1.54, 1.807) is 0 Å². The second kappa shape index (κ2) is 18.7. The van der Waals surface area contributed by atoms with Crippen molar-refractivity contribution in [2.45, 2.75) is 149 Å². The van der Waals surface area contributed by atoms with Gasteiger partial charge in [-0.2, -0.15) is 0 Å². The molecule has 1 aliphatic rings. The summed E-state index contributed by atoms with van der Waals surface area (Å²) in [5.74, 6) is 0. The molecule has 0 aromatic rings. The fourth-order valence-corrected chi connectivity index (χ4v) is 4.95. The topological polar surface area (TPSA) is 32.3 Å². The van der Waals surface area contributed by atoms with Gasteiger partial charge in [0.25, 0.3) is 0 Å². The van der Waals surface area contributed by atoms with E-state index in [1.807, 2.05) is 13.1 Å². The molecule has 3 atom stereocenters. The van der Waals surface area contributed by atoms with Crippen LogP contribution >= 0.6 is 0 Å². The van der Waals surface area contributed by atoms with Crippen molar-refractivity contribution in [3.8, 4) is 0 Å². The molecule has 0 saturated carbocycles. The maximum atomic E-state index is 10.2. The number of nitrogens with one attached hydrogen (secondary N) is 1. The zero-order valence-corrected chi connectivity index (χ0v) is 21.3. The monoisotopic (exact) mass is 435 g/mol. The van der Waals surface area contributed by atoms with Crippen molar-refractivity contribution >= 4 is 0 Å². The van der Waals surface area contributed by atoms with Crippen LogP contribution < -0.4 is 5.32 Å². The van der Waals surface area contributed by atoms with E-state index >= 15 is 0 Å². The Morgan fingerprint density at radius 2 is 1.26 bits per heavy atom. The van der Waals surface area contributed by atoms with Gasteiger partial charge in [-0.25, -0.2) is 0 Å². The highest BCUT2D eigenvalue weighted by Crippen LogP contribution is 2.26. The normalized spacial score (nSPS) is 21.7. The minimum absolute atomic E-state index is 0.336. The highest BCUT2D eigenvalue weighted by molar-refractivity contribution is 4.84. The molecular weight excluding hydrogens is 380 g/mol. The molecule has 0 aliphatic carbocycles. The standard InChI is InChI=1S/C28H55N2O/c1-4-6-7-8-9-10-11-12-13-14-15-16-17-18-19-20-21-22-23-24-28-29-25-26-30(28,5-2)27(3)31/h11-12,25-29,31H,4-10,13-24H2,1-3H3/q+1/b12-11+. The first-order valence-electron chi connectivity index (χ1n) is 13.8. The zero-order valence-electron chi connectivity index (χ0n) is 21.3. The third-order valence-corrected chi connectivity index (χ3v) is 7.20. The first-order chi connectivity index (χ1) is 15.2. The van der Waals surface area contributed by atoms with Gasteiger partial charge in [-0.3, -0.25) is 4.48 Å². The van der Waals surface area contributed by atoms with Crippen LogP contribution in [-0.4, -0.2) is 28.5 Å². The number of rotatable bonds is 21. The van der Waals surface area contributed by atoms with Gasteiger partial charge >= 0.3 is 0 Å². The summed E-state index contributed by atoms with van der Waals surface area (Å²) >= 11 is 0. The van der Waals surface area contributed by atoms with Crippen LogP contribution in [0, 0.1) is 0 Å². The molecule has 3 unspecified atom stereocenters. The molecule has 1 heterocycles. The Bertz CT molecular complexity index is 460. The Hall–Kier alpha value is -0.800. The molecule has 182 valence electrons. The molecule has 0 radical (unpaired) electrons. The predicted octanol–water partition coefficient (Wildman–Crippen LogP) is 8.16. The number of aliphatic hydroxyl groups is 1. The van der Waals surface area contributed by atoms with E-state index < -0.39 is 0 Å². The lowest BCUT2D eigenvalue weighted by Crippen LogP contribution is -2.57. The fourth-order valence-electron chi connectivity index (χ4n) is 4.95. The van der Waals surface area contributed by atoms with E-state index in [2.05, 4.69) is 37.5 Å². The molecule has 2 N–H and O–H groups in total. The van der Waals surface area contributed by atoms with Gasteiger partial charge < -0.3 is 10.4 Å². The number of allylic oxidation sites excluding steroid dienone is 2. The summed E-state index contributed by atoms with van der Waals surface area (Å²) in [7, 11) is 0. The maximum absolute atomic E-state index is 10.2. The first-order valence-corrected chi connectivity index (χ1v) is 13.8. The van der Waals surface area contributed by atoms with Crippen LogP contribution in [0.1, 0.15) is 136 Å². The highest BCUT2D eigenvalue weighted by atomic mass is 16.3. The third-order valence-electron chi connectivity index (χ3n) is 7.20. The van der Waals surface area contributed by atoms with Crippen molar-refractivity contribution in [2.24, 2.45) is 0 Å². The van der Waals surface area contributed by atoms with Gasteiger partial charge in [0.2, 0.25) is 0 Å². The summed E-state index contributed by atoms with van der Waals surface area (Å²) in [5, 5.41) is 13.7. The molecule has 0 fully saturated rings. The third kappa shape index (κ3) is 12.1. The first kappa shape index (κ1) is 28.2. The summed E-state index contributed by atoms with van der Waals surface area (Å²) in [5.41, 5.74) is 0. The Kier molecular flexibility index (Phi) is 17.1. The van der Waals surface area contributed by atoms with E-state index in [1.165, 1.54) is 109 Å². The molecule has 3 heteroatoms. The van der Waals surface area contributed by atoms with Gasteiger partial charge in [-0.05, 0) is 39.0 Å². The van der Waals surface area contributed by atoms with Crippen molar-refractivity contribution in [2.75, 3.05) is 6.54 Å². The van der Waals surface area contributed by atoms with Crippen LogP contribution in [0.2, 0.25) is 0 Å². The van der Waals surface area contributed by atoms with Crippen molar-refractivity contribution in [1.29, 1.82) is 0 Å². The molecule has 0 spiro atoms. The molecule has 0 aromatic heterocycles. The molecule has 0 saturated heterocycles. The van der Waals surface area contributed by atoms with E-state index in [-0.39, 0.29) is 6.23 Å². The van der Waals surface area contributed by atoms with E-state index in [0.29, 0.717) is 10.6 Å². The van der Waals surface area contributed by atoms with Gasteiger partial charge in [0.05, 0.1) is 12.7 Å². The molecular formula is C28H55N2O+. The van der Waals surface area contributed by atoms with Crippen LogP contribution in [0.15, 0.2) is 24.6 Å². The lowest BCUT2D eigenvalue weighted by Gasteiger charge is -2.39. The van der Waals surface area contributed by atoms with Crippen LogP contribution in [0.25, 0.3) is 0 Å². The summed E-state index contributed by atoms with van der Waals surface area (Å²) < 4.78 is 0.675. The molecule has 31 heavy (non-hydrogen) atoms. The summed E-state index contributed by atoms with van der Waals surface area (Å²) in [6.45, 7) is 7.32. The smallest absolute Gasteiger partial charge is 0.193 e. The van der Waals surface area contributed by atoms with E-state index in [9.17, 15) is 5.11 Å². The van der Waals surface area contributed by atoms with Gasteiger partial charge in [0, 0.05) is 13.3 Å². The second-order valence-electron chi connectivity index (χ2n) is 9.73. The van der Waals surface area contributed by atoms with Crippen LogP contribution in [0.4, 0.5) is 0 Å². The summed E-state index contributed by atoms with van der Waals surface area (Å²) in [6.07, 6.45) is 33.5. The number of hydrogen-bond acceptors (Lipinski definition) is 2. The molecule has 0 bridgehead atoms. The number of aliphatic hydroxyl groups excluding tert-OH is 1. The lowest BCUT2D eigenvalue weighted by atomic mass is 10.0. The number of nitrogens with zero attached hydrogens (tertiary/aromatic N) is 1. The number of hydrogen-bond donors (Lipinski definition) is 2. The Labute approximate surface area is 195 Å². The number of unbranched alkanes of at least 4 members (excludes halogenated alkanes) is 15. The van der Waals surface area contributed by atoms with E-state index in [4.69, 9.17) is 0 Å². The molecule has 1 aliphatic heterocycles. The van der Waals surface area contributed by atoms with Crippen LogP contribution in [0.5, 0.6) is 0 Å². The van der Waals surface area contributed by atoms with Gasteiger partial charge in [-0.15, -0.1) is 0 Å². The minimum Gasteiger partial charge on any atom is -0.345 e. The van der Waals surface area contributed by atoms with Crippen molar-refractivity contribution in [1.82, 2.24) is 5.32 Å². The maximum Gasteiger partial charge on any atom is 0.193 e. The van der Waals surface area contributed by atoms with Gasteiger partial charge in [-0.1, -0.05) is 96.1 Å². The fraction of sp³-hybridized carbons (Fsp3) is 0.857. The largest absolute Gasteiger partial charge is 0.345 e. The SMILES string of the molecule is CCCCCCC/C=C/CCCCCCCCCCCCC1NC=C[N+]1(CC)C(C)O. The Morgan fingerprint density at radius 3 is 1.74 bits per heavy atom. The molecule has 1 rings (SSSR count). The highest BCUT2D eigenvalue weighted by Gasteiger charge is 2.40. The molecule has 0 aromatic carbocycles. The summed E-state index contributed by atoms with van der Waals surface area (Å²) in [6, 6.07) is 0.